The van der Waals surface area contributed by atoms with E-state index in [0.717, 1.165) is 0 Å². The molecule has 0 bridgehead atoms. The predicted molar refractivity (Wildman–Crippen MR) is 103 cm³/mol. The standard InChI is InChI=1S/C19H18ClN3O3S/c20-16-5-7-17(8-6-16)27(25,26)23-11-9-14(10-12-23)19(24)22-18-4-2-1-3-15(18)13-21/h1-8,14H,9-12H2,(H,22,24). The number of nitrogens with zero attached hydrogens (tertiary/aromatic N) is 2. The van der Waals surface area contributed by atoms with Gasteiger partial charge in [0.2, 0.25) is 15.9 Å². The fraction of sp³-hybridized carbons (Fsp3) is 0.263. The number of anilines is 1. The summed E-state index contributed by atoms with van der Waals surface area (Å²) in [4.78, 5) is 12.7. The van der Waals surface area contributed by atoms with Crippen LogP contribution in [0.3, 0.4) is 0 Å². The first kappa shape index (κ1) is 19.4. The third-order valence-corrected chi connectivity index (χ3v) is 6.75. The average molecular weight is 404 g/mol. The molecule has 8 heteroatoms. The molecule has 1 aliphatic rings. The van der Waals surface area contributed by atoms with Crippen LogP contribution in [0.15, 0.2) is 53.4 Å². The predicted octanol–water partition coefficient (Wildman–Crippen LogP) is 3.25. The topological polar surface area (TPSA) is 90.3 Å². The molecule has 2 aromatic rings. The summed E-state index contributed by atoms with van der Waals surface area (Å²) < 4.78 is 26.8. The lowest BCUT2D eigenvalue weighted by molar-refractivity contribution is -0.120. The van der Waals surface area contributed by atoms with Crippen molar-refractivity contribution in [1.29, 1.82) is 5.26 Å². The van der Waals surface area contributed by atoms with E-state index in [4.69, 9.17) is 16.9 Å². The van der Waals surface area contributed by atoms with Crippen LogP contribution in [-0.2, 0) is 14.8 Å². The Balaban J connectivity index is 1.64. The van der Waals surface area contributed by atoms with Gasteiger partial charge in [-0.25, -0.2) is 8.42 Å². The first-order chi connectivity index (χ1) is 12.9. The fourth-order valence-electron chi connectivity index (χ4n) is 3.04. The minimum atomic E-state index is -3.60. The molecular weight excluding hydrogens is 386 g/mol. The Morgan fingerprint density at radius 3 is 2.37 bits per heavy atom. The number of piperidine rings is 1. The molecule has 0 atom stereocenters. The quantitative estimate of drug-likeness (QED) is 0.848. The molecular formula is C19H18ClN3O3S. The molecule has 0 spiro atoms. The second kappa shape index (κ2) is 8.09. The zero-order chi connectivity index (χ0) is 19.4. The van der Waals surface area contributed by atoms with Crippen molar-refractivity contribution in [1.82, 2.24) is 4.31 Å². The molecule has 1 heterocycles. The molecule has 1 saturated heterocycles. The third kappa shape index (κ3) is 4.30. The summed E-state index contributed by atoms with van der Waals surface area (Å²) in [5.74, 6) is -0.491. The largest absolute Gasteiger partial charge is 0.325 e. The second-order valence-electron chi connectivity index (χ2n) is 6.28. The summed E-state index contributed by atoms with van der Waals surface area (Å²) in [6.07, 6.45) is 0.848. The first-order valence-corrected chi connectivity index (χ1v) is 10.3. The number of carbonyl (C=O) groups is 1. The molecule has 27 heavy (non-hydrogen) atoms. The van der Waals surface area contributed by atoms with Crippen molar-refractivity contribution in [2.24, 2.45) is 5.92 Å². The van der Waals surface area contributed by atoms with E-state index in [-0.39, 0.29) is 29.8 Å². The maximum Gasteiger partial charge on any atom is 0.243 e. The van der Waals surface area contributed by atoms with Gasteiger partial charge in [-0.05, 0) is 49.2 Å². The molecule has 1 fully saturated rings. The summed E-state index contributed by atoms with van der Waals surface area (Å²) in [7, 11) is -3.60. The SMILES string of the molecule is N#Cc1ccccc1NC(=O)C1CCN(S(=O)(=O)c2ccc(Cl)cc2)CC1. The molecule has 0 aliphatic carbocycles. The van der Waals surface area contributed by atoms with Gasteiger partial charge in [-0.15, -0.1) is 0 Å². The van der Waals surface area contributed by atoms with Crippen molar-refractivity contribution in [3.8, 4) is 6.07 Å². The number of carbonyl (C=O) groups excluding carboxylic acids is 1. The number of sulfonamides is 1. The van der Waals surface area contributed by atoms with E-state index in [0.29, 0.717) is 29.1 Å². The maximum absolute atomic E-state index is 12.7. The summed E-state index contributed by atoms with van der Waals surface area (Å²) in [5.41, 5.74) is 0.870. The highest BCUT2D eigenvalue weighted by Crippen LogP contribution is 2.26. The van der Waals surface area contributed by atoms with E-state index in [2.05, 4.69) is 5.32 Å². The highest BCUT2D eigenvalue weighted by atomic mass is 35.5. The number of benzene rings is 2. The van der Waals surface area contributed by atoms with Gasteiger partial charge in [0, 0.05) is 24.0 Å². The van der Waals surface area contributed by atoms with E-state index < -0.39 is 10.0 Å². The third-order valence-electron chi connectivity index (χ3n) is 4.58. The van der Waals surface area contributed by atoms with Crippen molar-refractivity contribution in [2.75, 3.05) is 18.4 Å². The lowest BCUT2D eigenvalue weighted by Gasteiger charge is -2.30. The minimum Gasteiger partial charge on any atom is -0.325 e. The van der Waals surface area contributed by atoms with Gasteiger partial charge in [0.1, 0.15) is 6.07 Å². The number of hydrogen-bond acceptors (Lipinski definition) is 4. The smallest absolute Gasteiger partial charge is 0.243 e. The number of hydrogen-bond donors (Lipinski definition) is 1. The summed E-state index contributed by atoms with van der Waals surface area (Å²) in [6.45, 7) is 0.534. The van der Waals surface area contributed by atoms with E-state index in [1.807, 2.05) is 6.07 Å². The highest BCUT2D eigenvalue weighted by Gasteiger charge is 2.32. The molecule has 1 N–H and O–H groups in total. The van der Waals surface area contributed by atoms with Gasteiger partial charge < -0.3 is 5.32 Å². The Labute approximate surface area is 163 Å². The Kier molecular flexibility index (Phi) is 5.80. The Morgan fingerprint density at radius 2 is 1.74 bits per heavy atom. The number of nitrogens with one attached hydrogen (secondary N) is 1. The lowest BCUT2D eigenvalue weighted by atomic mass is 9.97. The van der Waals surface area contributed by atoms with E-state index in [9.17, 15) is 13.2 Å². The van der Waals surface area contributed by atoms with Crippen LogP contribution in [0, 0.1) is 17.2 Å². The molecule has 0 aromatic heterocycles. The zero-order valence-corrected chi connectivity index (χ0v) is 16.0. The second-order valence-corrected chi connectivity index (χ2v) is 8.65. The highest BCUT2D eigenvalue weighted by molar-refractivity contribution is 7.89. The Morgan fingerprint density at radius 1 is 1.11 bits per heavy atom. The summed E-state index contributed by atoms with van der Waals surface area (Å²) >= 11 is 5.82. The van der Waals surface area contributed by atoms with Gasteiger partial charge in [0.05, 0.1) is 16.1 Å². The van der Waals surface area contributed by atoms with E-state index in [1.165, 1.54) is 16.4 Å². The molecule has 1 amide bonds. The molecule has 0 unspecified atom stereocenters. The van der Waals surface area contributed by atoms with Crippen LogP contribution in [0.2, 0.25) is 5.02 Å². The maximum atomic E-state index is 12.7. The molecule has 0 saturated carbocycles. The number of para-hydroxylation sites is 1. The van der Waals surface area contributed by atoms with Gasteiger partial charge in [-0.3, -0.25) is 4.79 Å². The lowest BCUT2D eigenvalue weighted by Crippen LogP contribution is -2.41. The fourth-order valence-corrected chi connectivity index (χ4v) is 4.63. The van der Waals surface area contributed by atoms with Crippen LogP contribution < -0.4 is 5.32 Å². The number of nitriles is 1. The normalized spacial score (nSPS) is 15.9. The van der Waals surface area contributed by atoms with Crippen LogP contribution in [0.1, 0.15) is 18.4 Å². The summed E-state index contributed by atoms with van der Waals surface area (Å²) in [5, 5.41) is 12.4. The Bertz CT molecular complexity index is 976. The van der Waals surface area contributed by atoms with Gasteiger partial charge in [0.25, 0.3) is 0 Å². The van der Waals surface area contributed by atoms with Gasteiger partial charge in [-0.1, -0.05) is 23.7 Å². The van der Waals surface area contributed by atoms with Gasteiger partial charge in [0.15, 0.2) is 0 Å². The number of rotatable bonds is 4. The molecule has 1 aliphatic heterocycles. The molecule has 2 aromatic carbocycles. The van der Waals surface area contributed by atoms with Crippen molar-refractivity contribution in [2.45, 2.75) is 17.7 Å². The monoisotopic (exact) mass is 403 g/mol. The van der Waals surface area contributed by atoms with Crippen LogP contribution in [0.4, 0.5) is 5.69 Å². The van der Waals surface area contributed by atoms with Crippen molar-refractivity contribution in [3.63, 3.8) is 0 Å². The minimum absolute atomic E-state index is 0.192. The first-order valence-electron chi connectivity index (χ1n) is 8.47. The van der Waals surface area contributed by atoms with Crippen molar-refractivity contribution >= 4 is 33.2 Å². The van der Waals surface area contributed by atoms with Crippen LogP contribution in [0.25, 0.3) is 0 Å². The van der Waals surface area contributed by atoms with Gasteiger partial charge >= 0.3 is 0 Å². The summed E-state index contributed by atoms with van der Waals surface area (Å²) in [6, 6.07) is 14.9. The average Bonchev–Trinajstić information content (AvgIpc) is 2.69. The van der Waals surface area contributed by atoms with Gasteiger partial charge in [-0.2, -0.15) is 9.57 Å². The molecule has 140 valence electrons. The molecule has 3 rings (SSSR count). The Hall–Kier alpha value is -2.40. The van der Waals surface area contributed by atoms with E-state index >= 15 is 0 Å². The number of amides is 1. The zero-order valence-electron chi connectivity index (χ0n) is 14.4. The number of halogens is 1. The van der Waals surface area contributed by atoms with Crippen LogP contribution in [0.5, 0.6) is 0 Å². The van der Waals surface area contributed by atoms with Crippen LogP contribution in [-0.4, -0.2) is 31.7 Å². The molecule has 0 radical (unpaired) electrons. The van der Waals surface area contributed by atoms with Crippen LogP contribution >= 0.6 is 11.6 Å². The molecule has 6 nitrogen and oxygen atoms in total. The van der Waals surface area contributed by atoms with Crippen molar-refractivity contribution < 1.29 is 13.2 Å². The van der Waals surface area contributed by atoms with Crippen molar-refractivity contribution in [3.05, 3.63) is 59.1 Å². The van der Waals surface area contributed by atoms with E-state index in [1.54, 1.807) is 36.4 Å².